The van der Waals surface area contributed by atoms with Gasteiger partial charge in [0.25, 0.3) is 0 Å². The molecule has 0 aliphatic carbocycles. The summed E-state index contributed by atoms with van der Waals surface area (Å²) in [5, 5.41) is 8.54. The van der Waals surface area contributed by atoms with Crippen LogP contribution < -0.4 is 5.32 Å². The van der Waals surface area contributed by atoms with Crippen LogP contribution in [0.2, 0.25) is 0 Å². The molecule has 2 aromatic carbocycles. The number of aromatic nitrogens is 3. The first kappa shape index (κ1) is 19.2. The first-order chi connectivity index (χ1) is 14.0. The van der Waals surface area contributed by atoms with Crippen LogP contribution in [-0.2, 0) is 4.79 Å². The van der Waals surface area contributed by atoms with Crippen LogP contribution in [0.3, 0.4) is 0 Å². The van der Waals surface area contributed by atoms with Gasteiger partial charge in [-0.25, -0.2) is 9.50 Å². The molecular weight excluding hydrogens is 380 g/mol. The van der Waals surface area contributed by atoms with Crippen LogP contribution in [-0.4, -0.2) is 26.3 Å². The lowest BCUT2D eigenvalue weighted by molar-refractivity contribution is -0.113. The minimum atomic E-state index is -0.0476. The summed E-state index contributed by atoms with van der Waals surface area (Å²) < 4.78 is 1.84. The molecule has 0 bridgehead atoms. The second kappa shape index (κ2) is 8.09. The van der Waals surface area contributed by atoms with Crippen molar-refractivity contribution in [3.05, 3.63) is 77.6 Å². The highest BCUT2D eigenvalue weighted by Crippen LogP contribution is 2.30. The zero-order valence-corrected chi connectivity index (χ0v) is 17.5. The van der Waals surface area contributed by atoms with E-state index in [1.807, 2.05) is 73.8 Å². The van der Waals surface area contributed by atoms with Crippen LogP contribution in [0.4, 0.5) is 5.69 Å². The van der Waals surface area contributed by atoms with Gasteiger partial charge >= 0.3 is 0 Å². The van der Waals surface area contributed by atoms with Crippen molar-refractivity contribution in [1.82, 2.24) is 14.6 Å². The van der Waals surface area contributed by atoms with Crippen LogP contribution >= 0.6 is 11.8 Å². The minimum Gasteiger partial charge on any atom is -0.325 e. The fraction of sp³-hybridized carbons (Fsp3) is 0.174. The maximum atomic E-state index is 12.4. The molecule has 0 aliphatic heterocycles. The predicted octanol–water partition coefficient (Wildman–Crippen LogP) is 5.05. The Hall–Kier alpha value is -3.12. The van der Waals surface area contributed by atoms with Gasteiger partial charge in [0.1, 0.15) is 5.03 Å². The number of anilines is 1. The average Bonchev–Trinajstić information content (AvgIpc) is 3.04. The summed E-state index contributed by atoms with van der Waals surface area (Å²) in [5.74, 6) is 0.250. The van der Waals surface area contributed by atoms with Crippen LogP contribution in [0, 0.1) is 20.8 Å². The van der Waals surface area contributed by atoms with Gasteiger partial charge in [-0.3, -0.25) is 4.79 Å². The number of amides is 1. The molecule has 0 saturated heterocycles. The quantitative estimate of drug-likeness (QED) is 0.375. The summed E-state index contributed by atoms with van der Waals surface area (Å²) in [4.78, 5) is 17.1. The lowest BCUT2D eigenvalue weighted by atomic mass is 10.1. The van der Waals surface area contributed by atoms with E-state index in [0.29, 0.717) is 5.75 Å². The highest BCUT2D eigenvalue weighted by atomic mass is 32.2. The van der Waals surface area contributed by atoms with E-state index in [9.17, 15) is 4.79 Å². The standard InChI is InChI=1S/C23H22N4OS/c1-15-9-11-19(12-10-15)25-20(28)14-29-21-13-16(2)24-23-22(17(3)26-27(21)23)18-7-5-4-6-8-18/h4-13H,14H2,1-3H3,(H,25,28). The number of hydrogen-bond acceptors (Lipinski definition) is 4. The molecule has 0 spiro atoms. The van der Waals surface area contributed by atoms with Crippen LogP contribution in [0.15, 0.2) is 65.7 Å². The average molecular weight is 403 g/mol. The molecule has 1 N–H and O–H groups in total. The summed E-state index contributed by atoms with van der Waals surface area (Å²) in [6.07, 6.45) is 0. The number of hydrogen-bond donors (Lipinski definition) is 1. The van der Waals surface area contributed by atoms with E-state index in [-0.39, 0.29) is 5.91 Å². The van der Waals surface area contributed by atoms with Crippen LogP contribution in [0.25, 0.3) is 16.8 Å². The number of nitrogens with zero attached hydrogens (tertiary/aromatic N) is 3. The predicted molar refractivity (Wildman–Crippen MR) is 118 cm³/mol. The molecule has 2 heterocycles. The smallest absolute Gasteiger partial charge is 0.234 e. The van der Waals surface area contributed by atoms with Crippen molar-refractivity contribution in [2.45, 2.75) is 25.8 Å². The van der Waals surface area contributed by atoms with Crippen molar-refractivity contribution in [1.29, 1.82) is 0 Å². The highest BCUT2D eigenvalue weighted by molar-refractivity contribution is 7.99. The zero-order valence-electron chi connectivity index (χ0n) is 16.6. The molecule has 0 saturated carbocycles. The fourth-order valence-corrected chi connectivity index (χ4v) is 4.08. The van der Waals surface area contributed by atoms with Gasteiger partial charge in [-0.05, 0) is 44.5 Å². The van der Waals surface area contributed by atoms with Crippen molar-refractivity contribution in [3.8, 4) is 11.1 Å². The molecule has 4 aromatic rings. The van der Waals surface area contributed by atoms with Gasteiger partial charge in [0.15, 0.2) is 5.65 Å². The van der Waals surface area contributed by atoms with E-state index in [2.05, 4.69) is 17.4 Å². The molecular formula is C23H22N4OS. The van der Waals surface area contributed by atoms with Gasteiger partial charge < -0.3 is 5.32 Å². The first-order valence-electron chi connectivity index (χ1n) is 9.43. The van der Waals surface area contributed by atoms with E-state index in [4.69, 9.17) is 10.1 Å². The Balaban J connectivity index is 1.59. The molecule has 0 fully saturated rings. The third-order valence-corrected chi connectivity index (χ3v) is 5.60. The number of carbonyl (C=O) groups excluding carboxylic acids is 1. The molecule has 0 radical (unpaired) electrons. The number of rotatable bonds is 5. The molecule has 146 valence electrons. The zero-order chi connectivity index (χ0) is 20.4. The van der Waals surface area contributed by atoms with Crippen molar-refractivity contribution in [2.24, 2.45) is 0 Å². The second-order valence-electron chi connectivity index (χ2n) is 7.00. The van der Waals surface area contributed by atoms with Gasteiger partial charge in [0, 0.05) is 16.9 Å². The SMILES string of the molecule is Cc1ccc(NC(=O)CSc2cc(C)nc3c(-c4ccccc4)c(C)nn23)cc1. The van der Waals surface area contributed by atoms with E-state index < -0.39 is 0 Å². The van der Waals surface area contributed by atoms with Crippen molar-refractivity contribution in [3.63, 3.8) is 0 Å². The Labute approximate surface area is 174 Å². The molecule has 0 aliphatic rings. The van der Waals surface area contributed by atoms with Crippen LogP contribution in [0.1, 0.15) is 17.0 Å². The monoisotopic (exact) mass is 402 g/mol. The molecule has 6 heteroatoms. The Kier molecular flexibility index (Phi) is 5.36. The lowest BCUT2D eigenvalue weighted by Gasteiger charge is -2.08. The normalized spacial score (nSPS) is 11.0. The van der Waals surface area contributed by atoms with E-state index in [1.165, 1.54) is 11.8 Å². The van der Waals surface area contributed by atoms with Gasteiger partial charge in [-0.15, -0.1) is 0 Å². The molecule has 5 nitrogen and oxygen atoms in total. The van der Waals surface area contributed by atoms with E-state index in [0.717, 1.165) is 44.4 Å². The molecule has 0 atom stereocenters. The topological polar surface area (TPSA) is 59.3 Å². The van der Waals surface area contributed by atoms with Crippen LogP contribution in [0.5, 0.6) is 0 Å². The Bertz CT molecular complexity index is 1170. The number of benzene rings is 2. The summed E-state index contributed by atoms with van der Waals surface area (Å²) >= 11 is 1.46. The fourth-order valence-electron chi connectivity index (χ4n) is 3.23. The first-order valence-corrected chi connectivity index (χ1v) is 10.4. The second-order valence-corrected chi connectivity index (χ2v) is 8.00. The number of fused-ring (bicyclic) bond motifs is 1. The third kappa shape index (κ3) is 4.17. The van der Waals surface area contributed by atoms with E-state index >= 15 is 0 Å². The van der Waals surface area contributed by atoms with Crippen molar-refractivity contribution >= 4 is 29.0 Å². The summed E-state index contributed by atoms with van der Waals surface area (Å²) in [6.45, 7) is 5.98. The molecule has 29 heavy (non-hydrogen) atoms. The van der Waals surface area contributed by atoms with Gasteiger partial charge in [0.2, 0.25) is 5.91 Å². The largest absolute Gasteiger partial charge is 0.325 e. The third-order valence-electron chi connectivity index (χ3n) is 4.61. The maximum absolute atomic E-state index is 12.4. The highest BCUT2D eigenvalue weighted by Gasteiger charge is 2.16. The number of nitrogens with one attached hydrogen (secondary N) is 1. The summed E-state index contributed by atoms with van der Waals surface area (Å²) in [7, 11) is 0. The van der Waals surface area contributed by atoms with E-state index in [1.54, 1.807) is 0 Å². The Morgan fingerprint density at radius 3 is 2.48 bits per heavy atom. The summed E-state index contributed by atoms with van der Waals surface area (Å²) in [6, 6.07) is 19.9. The number of thioether (sulfide) groups is 1. The van der Waals surface area contributed by atoms with Gasteiger partial charge in [0.05, 0.1) is 11.4 Å². The maximum Gasteiger partial charge on any atom is 0.234 e. The molecule has 2 aromatic heterocycles. The number of carbonyl (C=O) groups is 1. The summed E-state index contributed by atoms with van der Waals surface area (Å²) in [5.41, 5.74) is 6.71. The van der Waals surface area contributed by atoms with Crippen molar-refractivity contribution in [2.75, 3.05) is 11.1 Å². The number of aryl methyl sites for hydroxylation is 3. The molecule has 4 rings (SSSR count). The Morgan fingerprint density at radius 2 is 1.76 bits per heavy atom. The lowest BCUT2D eigenvalue weighted by Crippen LogP contribution is -2.14. The Morgan fingerprint density at radius 1 is 1.03 bits per heavy atom. The molecule has 0 unspecified atom stereocenters. The molecule has 1 amide bonds. The van der Waals surface area contributed by atoms with Gasteiger partial charge in [-0.1, -0.05) is 59.8 Å². The minimum absolute atomic E-state index is 0.0476. The van der Waals surface area contributed by atoms with Gasteiger partial charge in [-0.2, -0.15) is 5.10 Å². The van der Waals surface area contributed by atoms with Crippen molar-refractivity contribution < 1.29 is 4.79 Å².